The smallest absolute Gasteiger partial charge is 0.253 e. The topological polar surface area (TPSA) is 54.5 Å². The van der Waals surface area contributed by atoms with Crippen molar-refractivity contribution < 1.29 is 14.4 Å². The van der Waals surface area contributed by atoms with E-state index in [1.54, 1.807) is 0 Å². The summed E-state index contributed by atoms with van der Waals surface area (Å²) in [6, 6.07) is 0. The molecule has 1 aliphatic rings. The van der Waals surface area contributed by atoms with Crippen molar-refractivity contribution in [2.45, 2.75) is 40.0 Å². The first-order chi connectivity index (χ1) is 7.82. The van der Waals surface area contributed by atoms with Crippen molar-refractivity contribution in [3.63, 3.8) is 0 Å². The maximum absolute atomic E-state index is 11.6. The molecular weight excluding hydrogens is 218 g/mol. The van der Waals surface area contributed by atoms with Crippen LogP contribution in [0.5, 0.6) is 0 Å². The summed E-state index contributed by atoms with van der Waals surface area (Å²) in [5, 5.41) is 0. The molecule has 0 atom stereocenters. The predicted octanol–water partition coefficient (Wildman–Crippen LogP) is 1.70. The van der Waals surface area contributed by atoms with E-state index in [-0.39, 0.29) is 23.0 Å². The van der Waals surface area contributed by atoms with E-state index in [0.717, 1.165) is 0 Å². The Morgan fingerprint density at radius 2 is 1.65 bits per heavy atom. The molecule has 17 heavy (non-hydrogen) atoms. The third-order valence-corrected chi connectivity index (χ3v) is 2.77. The molecule has 0 radical (unpaired) electrons. The lowest BCUT2D eigenvalue weighted by Crippen LogP contribution is -2.31. The average molecular weight is 237 g/mol. The van der Waals surface area contributed by atoms with Crippen LogP contribution in [0.25, 0.3) is 0 Å². The van der Waals surface area contributed by atoms with Crippen LogP contribution in [0.4, 0.5) is 0 Å². The molecule has 0 aromatic rings. The highest BCUT2D eigenvalue weighted by molar-refractivity contribution is 6.12. The summed E-state index contributed by atoms with van der Waals surface area (Å²) < 4.78 is 0. The van der Waals surface area contributed by atoms with Gasteiger partial charge < -0.3 is 0 Å². The number of carbonyl (C=O) groups excluding carboxylic acids is 3. The summed E-state index contributed by atoms with van der Waals surface area (Å²) >= 11 is 0. The molecule has 0 bridgehead atoms. The highest BCUT2D eigenvalue weighted by atomic mass is 16.2. The maximum Gasteiger partial charge on any atom is 0.253 e. The molecule has 0 aliphatic carbocycles. The molecule has 0 aromatic carbocycles. The van der Waals surface area contributed by atoms with Crippen molar-refractivity contribution in [3.05, 3.63) is 12.2 Å². The molecule has 4 heteroatoms. The van der Waals surface area contributed by atoms with Gasteiger partial charge in [-0.05, 0) is 12.8 Å². The number of amides is 2. The van der Waals surface area contributed by atoms with Crippen molar-refractivity contribution in [2.75, 3.05) is 6.54 Å². The lowest BCUT2D eigenvalue weighted by Gasteiger charge is -2.17. The van der Waals surface area contributed by atoms with Crippen molar-refractivity contribution >= 4 is 17.6 Å². The number of nitrogens with zero attached hydrogens (tertiary/aromatic N) is 1. The first kappa shape index (κ1) is 13.6. The van der Waals surface area contributed by atoms with E-state index in [4.69, 9.17) is 0 Å². The Balaban J connectivity index is 2.24. The Labute approximate surface area is 102 Å². The van der Waals surface area contributed by atoms with E-state index in [2.05, 4.69) is 0 Å². The predicted molar refractivity (Wildman–Crippen MR) is 64.2 cm³/mol. The summed E-state index contributed by atoms with van der Waals surface area (Å²) in [5.41, 5.74) is -0.305. The van der Waals surface area contributed by atoms with Crippen LogP contribution in [0.3, 0.4) is 0 Å². The molecular formula is C13H19NO3. The second kappa shape index (κ2) is 5.25. The van der Waals surface area contributed by atoms with Gasteiger partial charge in [-0.1, -0.05) is 20.8 Å². The molecule has 1 aliphatic heterocycles. The van der Waals surface area contributed by atoms with Gasteiger partial charge in [-0.25, -0.2) is 0 Å². The molecule has 0 saturated carbocycles. The van der Waals surface area contributed by atoms with Crippen LogP contribution in [-0.2, 0) is 14.4 Å². The Bertz CT molecular complexity index is 345. The molecule has 0 fully saturated rings. The number of carbonyl (C=O) groups is 3. The van der Waals surface area contributed by atoms with Crippen LogP contribution < -0.4 is 0 Å². The van der Waals surface area contributed by atoms with Crippen molar-refractivity contribution in [3.8, 4) is 0 Å². The van der Waals surface area contributed by atoms with Crippen LogP contribution in [-0.4, -0.2) is 29.0 Å². The zero-order chi connectivity index (χ0) is 13.1. The van der Waals surface area contributed by atoms with E-state index in [0.29, 0.717) is 25.8 Å². The fourth-order valence-electron chi connectivity index (χ4n) is 1.58. The second-order valence-corrected chi connectivity index (χ2v) is 5.29. The van der Waals surface area contributed by atoms with Crippen LogP contribution >= 0.6 is 0 Å². The number of hydrogen-bond donors (Lipinski definition) is 0. The number of Topliss-reactive ketones (excluding diaryl/α,β-unsaturated/α-hetero) is 1. The van der Waals surface area contributed by atoms with Gasteiger partial charge in [-0.15, -0.1) is 0 Å². The lowest BCUT2D eigenvalue weighted by atomic mass is 9.88. The summed E-state index contributed by atoms with van der Waals surface area (Å²) in [6.45, 7) is 6.09. The van der Waals surface area contributed by atoms with Crippen LogP contribution in [0.15, 0.2) is 12.2 Å². The van der Waals surface area contributed by atoms with E-state index >= 15 is 0 Å². The molecule has 0 saturated heterocycles. The minimum absolute atomic E-state index is 0.217. The Hall–Kier alpha value is -1.45. The molecule has 0 unspecified atom stereocenters. The van der Waals surface area contributed by atoms with E-state index < -0.39 is 0 Å². The first-order valence-corrected chi connectivity index (χ1v) is 5.89. The molecule has 1 heterocycles. The normalized spacial score (nSPS) is 15.8. The number of ketones is 1. The summed E-state index contributed by atoms with van der Waals surface area (Å²) in [6.07, 6.45) is 4.46. The van der Waals surface area contributed by atoms with Crippen LogP contribution in [0, 0.1) is 5.41 Å². The van der Waals surface area contributed by atoms with Gasteiger partial charge in [0.05, 0.1) is 0 Å². The number of unbranched alkanes of at least 4 members (excludes halogenated alkanes) is 1. The van der Waals surface area contributed by atoms with Crippen LogP contribution in [0.1, 0.15) is 40.0 Å². The zero-order valence-corrected chi connectivity index (χ0v) is 10.7. The third kappa shape index (κ3) is 3.80. The number of hydrogen-bond acceptors (Lipinski definition) is 3. The van der Waals surface area contributed by atoms with Gasteiger partial charge in [-0.3, -0.25) is 19.3 Å². The largest absolute Gasteiger partial charge is 0.299 e. The third-order valence-electron chi connectivity index (χ3n) is 2.77. The van der Waals surface area contributed by atoms with E-state index in [1.165, 1.54) is 17.1 Å². The molecule has 4 nitrogen and oxygen atoms in total. The van der Waals surface area contributed by atoms with E-state index in [1.807, 2.05) is 20.8 Å². The van der Waals surface area contributed by atoms with Gasteiger partial charge in [0.1, 0.15) is 5.78 Å². The van der Waals surface area contributed by atoms with Gasteiger partial charge in [0.15, 0.2) is 0 Å². The molecule has 94 valence electrons. The minimum atomic E-state index is -0.305. The lowest BCUT2D eigenvalue weighted by molar-refractivity contribution is -0.136. The Morgan fingerprint density at radius 1 is 1.12 bits per heavy atom. The first-order valence-electron chi connectivity index (χ1n) is 5.89. The zero-order valence-electron chi connectivity index (χ0n) is 10.7. The number of imide groups is 1. The van der Waals surface area contributed by atoms with Crippen molar-refractivity contribution in [1.29, 1.82) is 0 Å². The maximum atomic E-state index is 11.6. The fraction of sp³-hybridized carbons (Fsp3) is 0.615. The molecule has 0 aromatic heterocycles. The van der Waals surface area contributed by atoms with Gasteiger partial charge in [0.2, 0.25) is 0 Å². The standard InChI is InChI=1S/C13H19NO3/c1-13(2,3)10(15)6-4-5-9-14-11(16)7-8-12(14)17/h7-8H,4-6,9H2,1-3H3. The van der Waals surface area contributed by atoms with Gasteiger partial charge in [0, 0.05) is 30.5 Å². The average Bonchev–Trinajstić information content (AvgIpc) is 2.53. The van der Waals surface area contributed by atoms with Gasteiger partial charge in [0.25, 0.3) is 11.8 Å². The van der Waals surface area contributed by atoms with Crippen LogP contribution in [0.2, 0.25) is 0 Å². The molecule has 2 amide bonds. The highest BCUT2D eigenvalue weighted by Crippen LogP contribution is 2.18. The quantitative estimate of drug-likeness (QED) is 0.540. The van der Waals surface area contributed by atoms with Crippen molar-refractivity contribution in [1.82, 2.24) is 4.90 Å². The SMILES string of the molecule is CC(C)(C)C(=O)CCCCN1C(=O)C=CC1=O. The summed E-state index contributed by atoms with van der Waals surface area (Å²) in [7, 11) is 0. The minimum Gasteiger partial charge on any atom is -0.299 e. The fourth-order valence-corrected chi connectivity index (χ4v) is 1.58. The molecule has 0 N–H and O–H groups in total. The second-order valence-electron chi connectivity index (χ2n) is 5.29. The molecule has 0 spiro atoms. The monoisotopic (exact) mass is 237 g/mol. The Morgan fingerprint density at radius 3 is 2.12 bits per heavy atom. The Kier molecular flexibility index (Phi) is 4.21. The number of rotatable bonds is 5. The van der Waals surface area contributed by atoms with E-state index in [9.17, 15) is 14.4 Å². The van der Waals surface area contributed by atoms with Gasteiger partial charge >= 0.3 is 0 Å². The molecule has 1 rings (SSSR count). The highest BCUT2D eigenvalue weighted by Gasteiger charge is 2.23. The van der Waals surface area contributed by atoms with Crippen molar-refractivity contribution in [2.24, 2.45) is 5.41 Å². The van der Waals surface area contributed by atoms with Gasteiger partial charge in [-0.2, -0.15) is 0 Å². The summed E-state index contributed by atoms with van der Waals surface area (Å²) in [5.74, 6) is -0.288. The summed E-state index contributed by atoms with van der Waals surface area (Å²) in [4.78, 5) is 35.3.